The molecule has 0 saturated heterocycles. The molecule has 0 fully saturated rings. The number of aromatic nitrogens is 3. The van der Waals surface area contributed by atoms with Gasteiger partial charge in [0.2, 0.25) is 11.6 Å². The van der Waals surface area contributed by atoms with Crippen LogP contribution in [0.25, 0.3) is 17.2 Å². The maximum Gasteiger partial charge on any atom is 0.336 e. The van der Waals surface area contributed by atoms with E-state index >= 15 is 0 Å². The molecule has 0 spiro atoms. The zero-order valence-electron chi connectivity index (χ0n) is 18.9. The molecule has 0 bridgehead atoms. The summed E-state index contributed by atoms with van der Waals surface area (Å²) in [6.07, 6.45) is 4.96. The lowest BCUT2D eigenvalue weighted by Gasteiger charge is -2.08. The van der Waals surface area contributed by atoms with E-state index in [4.69, 9.17) is 0 Å². The number of rotatable bonds is 9. The van der Waals surface area contributed by atoms with E-state index in [1.54, 1.807) is 22.9 Å². The van der Waals surface area contributed by atoms with Crippen molar-refractivity contribution in [1.82, 2.24) is 14.8 Å². The van der Waals surface area contributed by atoms with Crippen LogP contribution >= 0.6 is 0 Å². The van der Waals surface area contributed by atoms with E-state index in [1.807, 2.05) is 79.7 Å². The molecule has 0 amide bonds. The zero-order valence-corrected chi connectivity index (χ0v) is 18.9. The van der Waals surface area contributed by atoms with Gasteiger partial charge in [0.15, 0.2) is 5.82 Å². The first-order chi connectivity index (χ1) is 16.5. The molecule has 1 aromatic heterocycles. The Balaban J connectivity index is 1.57. The van der Waals surface area contributed by atoms with Crippen molar-refractivity contribution in [3.05, 3.63) is 113 Å². The molecule has 0 aliphatic heterocycles. The van der Waals surface area contributed by atoms with Crippen molar-refractivity contribution >= 4 is 17.8 Å². The summed E-state index contributed by atoms with van der Waals surface area (Å²) in [6, 6.07) is 24.2. The highest BCUT2D eigenvalue weighted by Crippen LogP contribution is 2.24. The number of allylic oxidation sites excluding steroid dienone is 1. The fraction of sp³-hybridized carbons (Fsp3) is 0.143. The van der Waals surface area contributed by atoms with E-state index in [2.05, 4.69) is 10.1 Å². The van der Waals surface area contributed by atoms with Gasteiger partial charge in [0.05, 0.1) is 12.1 Å². The number of benzene rings is 3. The van der Waals surface area contributed by atoms with Gasteiger partial charge in [-0.3, -0.25) is 4.79 Å². The van der Waals surface area contributed by atoms with Gasteiger partial charge in [-0.2, -0.15) is 0 Å². The lowest BCUT2D eigenvalue weighted by molar-refractivity contribution is 0.0697. The predicted molar refractivity (Wildman–Crippen MR) is 132 cm³/mol. The van der Waals surface area contributed by atoms with Crippen molar-refractivity contribution in [3.8, 4) is 11.1 Å². The summed E-state index contributed by atoms with van der Waals surface area (Å²) in [5, 5.41) is 14.0. The second-order valence-electron chi connectivity index (χ2n) is 7.90. The molecular weight excluding hydrogens is 426 g/mol. The fourth-order valence-corrected chi connectivity index (χ4v) is 3.68. The minimum atomic E-state index is -0.956. The van der Waals surface area contributed by atoms with Crippen LogP contribution < -0.4 is 0 Å². The molecule has 170 valence electrons. The van der Waals surface area contributed by atoms with Crippen LogP contribution in [0.1, 0.15) is 51.3 Å². The minimum Gasteiger partial charge on any atom is -0.478 e. The standard InChI is InChI=1S/C28H25N3O3/c1-2-3-13-26-29-27(25(32)18-20-9-5-4-6-10-20)30-31(26)19-21-14-16-22(17-15-21)23-11-7-8-12-24(23)28(33)34/h3-17H,2,18-19H2,1H3,(H,33,34). The molecule has 0 unspecified atom stereocenters. The summed E-state index contributed by atoms with van der Waals surface area (Å²) in [5.41, 5.74) is 3.65. The summed E-state index contributed by atoms with van der Waals surface area (Å²) in [5.74, 6) is -0.260. The summed E-state index contributed by atoms with van der Waals surface area (Å²) in [4.78, 5) is 28.8. The van der Waals surface area contributed by atoms with E-state index < -0.39 is 5.97 Å². The molecule has 6 heteroatoms. The smallest absolute Gasteiger partial charge is 0.336 e. The Morgan fingerprint density at radius 3 is 2.32 bits per heavy atom. The lowest BCUT2D eigenvalue weighted by atomic mass is 9.99. The zero-order chi connectivity index (χ0) is 23.9. The third-order valence-electron chi connectivity index (χ3n) is 5.41. The SMILES string of the molecule is CCC=Cc1nc(C(=O)Cc2ccccc2)nn1Cc1ccc(-c2ccccc2C(=O)O)cc1. The number of carbonyl (C=O) groups excluding carboxylic acids is 1. The monoisotopic (exact) mass is 451 g/mol. The van der Waals surface area contributed by atoms with Crippen molar-refractivity contribution in [2.75, 3.05) is 0 Å². The highest BCUT2D eigenvalue weighted by Gasteiger charge is 2.16. The quantitative estimate of drug-likeness (QED) is 0.338. The van der Waals surface area contributed by atoms with Crippen LogP contribution in [0.3, 0.4) is 0 Å². The second-order valence-corrected chi connectivity index (χ2v) is 7.90. The number of carbonyl (C=O) groups is 2. The van der Waals surface area contributed by atoms with Gasteiger partial charge in [-0.1, -0.05) is 85.8 Å². The number of carboxylic acids is 1. The lowest BCUT2D eigenvalue weighted by Crippen LogP contribution is -2.08. The molecule has 1 N–H and O–H groups in total. The number of carboxylic acid groups (broad SMARTS) is 1. The van der Waals surface area contributed by atoms with E-state index in [-0.39, 0.29) is 23.6 Å². The maximum atomic E-state index is 12.8. The third kappa shape index (κ3) is 5.35. The van der Waals surface area contributed by atoms with Crippen molar-refractivity contribution in [2.24, 2.45) is 0 Å². The molecule has 0 radical (unpaired) electrons. The number of hydrogen-bond donors (Lipinski definition) is 1. The van der Waals surface area contributed by atoms with Gasteiger partial charge in [-0.15, -0.1) is 5.10 Å². The van der Waals surface area contributed by atoms with Crippen LogP contribution in [0, 0.1) is 0 Å². The molecule has 0 atom stereocenters. The van der Waals surface area contributed by atoms with Crippen LogP contribution in [0.5, 0.6) is 0 Å². The Hall–Kier alpha value is -4.32. The highest BCUT2D eigenvalue weighted by atomic mass is 16.4. The highest BCUT2D eigenvalue weighted by molar-refractivity contribution is 5.96. The number of ketones is 1. The number of nitrogens with zero attached hydrogens (tertiary/aromatic N) is 3. The molecule has 0 aliphatic rings. The number of aromatic carboxylic acids is 1. The van der Waals surface area contributed by atoms with Crippen molar-refractivity contribution in [2.45, 2.75) is 26.3 Å². The van der Waals surface area contributed by atoms with Gasteiger partial charge in [0, 0.05) is 6.42 Å². The Labute approximate surface area is 198 Å². The molecule has 34 heavy (non-hydrogen) atoms. The molecule has 4 rings (SSSR count). The van der Waals surface area contributed by atoms with Crippen LogP contribution in [-0.2, 0) is 13.0 Å². The fourth-order valence-electron chi connectivity index (χ4n) is 3.68. The molecule has 4 aromatic rings. The molecule has 1 heterocycles. The van der Waals surface area contributed by atoms with E-state index in [0.29, 0.717) is 17.9 Å². The topological polar surface area (TPSA) is 85.1 Å². The Morgan fingerprint density at radius 1 is 0.912 bits per heavy atom. The van der Waals surface area contributed by atoms with Crippen LogP contribution in [-0.4, -0.2) is 31.6 Å². The van der Waals surface area contributed by atoms with Crippen molar-refractivity contribution in [1.29, 1.82) is 0 Å². The Bertz CT molecular complexity index is 1320. The summed E-state index contributed by atoms with van der Waals surface area (Å²) >= 11 is 0. The van der Waals surface area contributed by atoms with Crippen LogP contribution in [0.15, 0.2) is 84.9 Å². The van der Waals surface area contributed by atoms with Crippen molar-refractivity contribution in [3.63, 3.8) is 0 Å². The number of hydrogen-bond acceptors (Lipinski definition) is 4. The third-order valence-corrected chi connectivity index (χ3v) is 5.41. The summed E-state index contributed by atoms with van der Waals surface area (Å²) in [7, 11) is 0. The first kappa shape index (κ1) is 22.9. The average molecular weight is 452 g/mol. The first-order valence-electron chi connectivity index (χ1n) is 11.1. The van der Waals surface area contributed by atoms with Crippen LogP contribution in [0.2, 0.25) is 0 Å². The van der Waals surface area contributed by atoms with E-state index in [0.717, 1.165) is 23.1 Å². The second kappa shape index (κ2) is 10.5. The van der Waals surface area contributed by atoms with Gasteiger partial charge in [-0.25, -0.2) is 14.5 Å². The summed E-state index contributed by atoms with van der Waals surface area (Å²) < 4.78 is 1.73. The van der Waals surface area contributed by atoms with Gasteiger partial charge in [0.1, 0.15) is 0 Å². The normalized spacial score (nSPS) is 11.1. The molecular formula is C28H25N3O3. The van der Waals surface area contributed by atoms with E-state index in [1.165, 1.54) is 0 Å². The maximum absolute atomic E-state index is 12.8. The van der Waals surface area contributed by atoms with Crippen molar-refractivity contribution < 1.29 is 14.7 Å². The molecule has 0 aliphatic carbocycles. The Kier molecular flexibility index (Phi) is 7.08. The largest absolute Gasteiger partial charge is 0.478 e. The molecule has 6 nitrogen and oxygen atoms in total. The molecule has 3 aromatic carbocycles. The average Bonchev–Trinajstić information content (AvgIpc) is 3.26. The Morgan fingerprint density at radius 2 is 1.62 bits per heavy atom. The van der Waals surface area contributed by atoms with Crippen LogP contribution in [0.4, 0.5) is 0 Å². The predicted octanol–water partition coefficient (Wildman–Crippen LogP) is 5.54. The minimum absolute atomic E-state index is 0.128. The van der Waals surface area contributed by atoms with Gasteiger partial charge in [-0.05, 0) is 40.8 Å². The first-order valence-corrected chi connectivity index (χ1v) is 11.1. The van der Waals surface area contributed by atoms with Gasteiger partial charge >= 0.3 is 5.97 Å². The molecule has 0 saturated carbocycles. The summed E-state index contributed by atoms with van der Waals surface area (Å²) in [6.45, 7) is 2.47. The van der Waals surface area contributed by atoms with Gasteiger partial charge in [0.25, 0.3) is 0 Å². The number of Topliss-reactive ketones (excluding diaryl/α,β-unsaturated/α-hetero) is 1. The van der Waals surface area contributed by atoms with E-state index in [9.17, 15) is 14.7 Å². The van der Waals surface area contributed by atoms with Gasteiger partial charge < -0.3 is 5.11 Å².